The van der Waals surface area contributed by atoms with Gasteiger partial charge in [-0.2, -0.15) is 4.31 Å². The van der Waals surface area contributed by atoms with Crippen molar-refractivity contribution in [1.29, 1.82) is 0 Å². The number of halogens is 1. The molecule has 9 heteroatoms. The third-order valence-corrected chi connectivity index (χ3v) is 6.44. The first kappa shape index (κ1) is 18.9. The summed E-state index contributed by atoms with van der Waals surface area (Å²) in [6.07, 6.45) is 5.55. The number of benzene rings is 1. The Morgan fingerprint density at radius 3 is 2.65 bits per heavy atom. The lowest BCUT2D eigenvalue weighted by molar-refractivity contribution is -0.121. The van der Waals surface area contributed by atoms with Gasteiger partial charge in [0.25, 0.3) is 10.0 Å². The first-order valence-electron chi connectivity index (χ1n) is 8.49. The molecule has 0 unspecified atom stereocenters. The lowest BCUT2D eigenvalue weighted by atomic mass is 10.2. The van der Waals surface area contributed by atoms with Gasteiger partial charge in [-0.3, -0.25) is 4.79 Å². The summed E-state index contributed by atoms with van der Waals surface area (Å²) in [5, 5.41) is 3.34. The fraction of sp³-hybridized carbons (Fsp3) is 0.412. The summed E-state index contributed by atoms with van der Waals surface area (Å²) >= 11 is 6.06. The van der Waals surface area contributed by atoms with E-state index in [-0.39, 0.29) is 17.5 Å². The largest absolute Gasteiger partial charge is 0.350 e. The van der Waals surface area contributed by atoms with Crippen LogP contribution in [0, 0.1) is 0 Å². The molecule has 0 radical (unpaired) electrons. The van der Waals surface area contributed by atoms with Crippen LogP contribution in [0.5, 0.6) is 0 Å². The fourth-order valence-corrected chi connectivity index (χ4v) is 4.51. The van der Waals surface area contributed by atoms with Crippen molar-refractivity contribution >= 4 is 27.5 Å². The Labute approximate surface area is 158 Å². The molecular formula is C17H21ClN4O3S. The van der Waals surface area contributed by atoms with Crippen molar-refractivity contribution in [2.75, 3.05) is 13.1 Å². The van der Waals surface area contributed by atoms with Crippen molar-refractivity contribution in [3.8, 4) is 0 Å². The van der Waals surface area contributed by atoms with Gasteiger partial charge in [-0.25, -0.2) is 13.4 Å². The number of rotatable bonds is 6. The molecule has 140 valence electrons. The quantitative estimate of drug-likeness (QED) is 0.809. The Balaban J connectivity index is 1.59. The number of aromatic nitrogens is 2. The summed E-state index contributed by atoms with van der Waals surface area (Å²) in [4.78, 5) is 16.1. The summed E-state index contributed by atoms with van der Waals surface area (Å²) in [6.45, 7) is 1.35. The van der Waals surface area contributed by atoms with E-state index in [0.29, 0.717) is 24.7 Å². The van der Waals surface area contributed by atoms with Gasteiger partial charge in [-0.05, 0) is 24.5 Å². The first-order chi connectivity index (χ1) is 12.5. The van der Waals surface area contributed by atoms with Gasteiger partial charge in [-0.1, -0.05) is 36.2 Å². The van der Waals surface area contributed by atoms with E-state index in [1.54, 1.807) is 6.07 Å². The molecule has 1 fully saturated rings. The Morgan fingerprint density at radius 2 is 1.92 bits per heavy atom. The lowest BCUT2D eigenvalue weighted by Gasteiger charge is -2.24. The van der Waals surface area contributed by atoms with Crippen molar-refractivity contribution in [2.45, 2.75) is 37.4 Å². The van der Waals surface area contributed by atoms with Gasteiger partial charge >= 0.3 is 0 Å². The van der Waals surface area contributed by atoms with Gasteiger partial charge in [0.15, 0.2) is 5.03 Å². The van der Waals surface area contributed by atoms with Crippen LogP contribution in [0.1, 0.15) is 24.8 Å². The molecule has 2 heterocycles. The van der Waals surface area contributed by atoms with E-state index in [0.717, 1.165) is 24.8 Å². The van der Waals surface area contributed by atoms with Crippen molar-refractivity contribution in [3.05, 3.63) is 47.4 Å². The van der Waals surface area contributed by atoms with Crippen LogP contribution in [0.3, 0.4) is 0 Å². The number of piperidine rings is 1. The number of hydrogen-bond acceptors (Lipinski definition) is 4. The van der Waals surface area contributed by atoms with Crippen molar-refractivity contribution in [2.24, 2.45) is 0 Å². The average Bonchev–Trinajstić information content (AvgIpc) is 3.11. The number of nitrogens with zero attached hydrogens (tertiary/aromatic N) is 3. The van der Waals surface area contributed by atoms with Crippen LogP contribution in [-0.2, 0) is 27.9 Å². The molecule has 0 saturated carbocycles. The summed E-state index contributed by atoms with van der Waals surface area (Å²) in [7, 11) is -3.59. The summed E-state index contributed by atoms with van der Waals surface area (Å²) in [5.41, 5.74) is 0.821. The van der Waals surface area contributed by atoms with Crippen LogP contribution in [0.15, 0.2) is 41.8 Å². The number of carbonyl (C=O) groups is 1. The number of hydrogen-bond donors (Lipinski definition) is 1. The van der Waals surface area contributed by atoms with Crippen LogP contribution in [0.4, 0.5) is 0 Å². The molecule has 1 N–H and O–H groups in total. The third kappa shape index (κ3) is 4.44. The van der Waals surface area contributed by atoms with E-state index in [9.17, 15) is 13.2 Å². The second-order valence-corrected chi connectivity index (χ2v) is 8.51. The number of amides is 1. The van der Waals surface area contributed by atoms with Crippen LogP contribution >= 0.6 is 11.6 Å². The zero-order valence-electron chi connectivity index (χ0n) is 14.3. The van der Waals surface area contributed by atoms with Crippen molar-refractivity contribution < 1.29 is 13.2 Å². The molecule has 7 nitrogen and oxygen atoms in total. The molecule has 0 spiro atoms. The Hall–Kier alpha value is -1.90. The average molecular weight is 397 g/mol. The fourth-order valence-electron chi connectivity index (χ4n) is 2.85. The molecule has 1 aromatic carbocycles. The summed E-state index contributed by atoms with van der Waals surface area (Å²) in [6, 6.07) is 7.27. The zero-order chi connectivity index (χ0) is 18.6. The molecule has 1 amide bonds. The maximum atomic E-state index is 12.6. The zero-order valence-corrected chi connectivity index (χ0v) is 15.8. The highest BCUT2D eigenvalue weighted by molar-refractivity contribution is 7.89. The summed E-state index contributed by atoms with van der Waals surface area (Å²) in [5.74, 6) is -0.246. The Morgan fingerprint density at radius 1 is 1.19 bits per heavy atom. The van der Waals surface area contributed by atoms with Crippen molar-refractivity contribution in [1.82, 2.24) is 19.2 Å². The topological polar surface area (TPSA) is 84.3 Å². The molecule has 26 heavy (non-hydrogen) atoms. The van der Waals surface area contributed by atoms with Crippen LogP contribution in [0.2, 0.25) is 5.02 Å². The van der Waals surface area contributed by atoms with E-state index in [1.165, 1.54) is 21.4 Å². The normalized spacial score (nSPS) is 15.7. The minimum Gasteiger partial charge on any atom is -0.350 e. The van der Waals surface area contributed by atoms with Gasteiger partial charge in [0.1, 0.15) is 6.54 Å². The van der Waals surface area contributed by atoms with E-state index in [2.05, 4.69) is 10.3 Å². The highest BCUT2D eigenvalue weighted by Gasteiger charge is 2.28. The smallest absolute Gasteiger partial charge is 0.262 e. The highest BCUT2D eigenvalue weighted by atomic mass is 35.5. The van der Waals surface area contributed by atoms with E-state index >= 15 is 0 Å². The number of imidazole rings is 1. The minimum absolute atomic E-state index is 0.00697. The lowest BCUT2D eigenvalue weighted by Crippen LogP contribution is -2.35. The van der Waals surface area contributed by atoms with Crippen LogP contribution < -0.4 is 5.32 Å². The van der Waals surface area contributed by atoms with Gasteiger partial charge in [-0.15, -0.1) is 0 Å². The van der Waals surface area contributed by atoms with Gasteiger partial charge in [0, 0.05) is 30.9 Å². The molecule has 1 saturated heterocycles. The second kappa shape index (κ2) is 8.20. The maximum absolute atomic E-state index is 12.6. The van der Waals surface area contributed by atoms with Crippen LogP contribution in [-0.4, -0.2) is 41.3 Å². The standard InChI is InChI=1S/C17H21ClN4O3S/c18-15-7-3-2-6-14(15)10-19-16(23)11-21-12-17(20-13-21)26(24,25)22-8-4-1-5-9-22/h2-3,6-7,12-13H,1,4-5,8-11H2,(H,19,23). The van der Waals surface area contributed by atoms with Crippen LogP contribution in [0.25, 0.3) is 0 Å². The SMILES string of the molecule is O=C(Cn1cnc(S(=O)(=O)N2CCCCC2)c1)NCc1ccccc1Cl. The molecule has 0 aliphatic carbocycles. The monoisotopic (exact) mass is 396 g/mol. The molecule has 3 rings (SSSR count). The van der Waals surface area contributed by atoms with Gasteiger partial charge < -0.3 is 9.88 Å². The molecule has 1 aliphatic heterocycles. The minimum atomic E-state index is -3.59. The summed E-state index contributed by atoms with van der Waals surface area (Å²) < 4.78 is 28.1. The predicted octanol–water partition coefficient (Wildman–Crippen LogP) is 2.03. The van der Waals surface area contributed by atoms with E-state index < -0.39 is 10.0 Å². The Kier molecular flexibility index (Phi) is 5.95. The molecule has 0 bridgehead atoms. The highest BCUT2D eigenvalue weighted by Crippen LogP contribution is 2.19. The maximum Gasteiger partial charge on any atom is 0.262 e. The van der Waals surface area contributed by atoms with Crippen molar-refractivity contribution in [3.63, 3.8) is 0 Å². The number of carbonyl (C=O) groups excluding carboxylic acids is 1. The predicted molar refractivity (Wildman–Crippen MR) is 98.1 cm³/mol. The van der Waals surface area contributed by atoms with Gasteiger partial charge in [0.05, 0.1) is 6.33 Å². The first-order valence-corrected chi connectivity index (χ1v) is 10.3. The third-order valence-electron chi connectivity index (χ3n) is 4.29. The molecular weight excluding hydrogens is 376 g/mol. The number of sulfonamides is 1. The molecule has 2 aromatic rings. The van der Waals surface area contributed by atoms with Gasteiger partial charge in [0.2, 0.25) is 5.91 Å². The Bertz CT molecular complexity index is 876. The van der Waals surface area contributed by atoms with E-state index in [4.69, 9.17) is 11.6 Å². The number of nitrogens with one attached hydrogen (secondary N) is 1. The molecule has 1 aliphatic rings. The van der Waals surface area contributed by atoms with E-state index in [1.807, 2.05) is 18.2 Å². The molecule has 1 aromatic heterocycles. The second-order valence-electron chi connectivity index (χ2n) is 6.22. The molecule has 0 atom stereocenters.